The van der Waals surface area contributed by atoms with E-state index in [1.807, 2.05) is 30.3 Å². The van der Waals surface area contributed by atoms with Crippen LogP contribution >= 0.6 is 0 Å². The fourth-order valence-electron chi connectivity index (χ4n) is 2.82. The van der Waals surface area contributed by atoms with Crippen LogP contribution in [0.3, 0.4) is 0 Å². The lowest BCUT2D eigenvalue weighted by atomic mass is 10.1. The lowest BCUT2D eigenvalue weighted by Gasteiger charge is -2.31. The van der Waals surface area contributed by atoms with Crippen molar-refractivity contribution < 1.29 is 4.21 Å². The van der Waals surface area contributed by atoms with Crippen LogP contribution < -0.4 is 10.2 Å². The van der Waals surface area contributed by atoms with Crippen LogP contribution in [0.5, 0.6) is 0 Å². The number of benzene rings is 2. The van der Waals surface area contributed by atoms with Crippen LogP contribution in [0.4, 0.5) is 5.69 Å². The van der Waals surface area contributed by atoms with Gasteiger partial charge in [-0.25, -0.2) is 4.21 Å². The second-order valence-electron chi connectivity index (χ2n) is 5.67. The third-order valence-corrected chi connectivity index (χ3v) is 5.86. The molecule has 4 heteroatoms. The number of anilines is 1. The first-order valence-corrected chi connectivity index (χ1v) is 8.86. The summed E-state index contributed by atoms with van der Waals surface area (Å²) in [5, 5.41) is 3.36. The molecule has 0 amide bonds. The molecule has 1 unspecified atom stereocenters. The van der Waals surface area contributed by atoms with Gasteiger partial charge in [-0.1, -0.05) is 24.3 Å². The maximum atomic E-state index is 13.2. The zero-order valence-electron chi connectivity index (χ0n) is 13.1. The molecule has 1 N–H and O–H groups in total. The van der Waals surface area contributed by atoms with E-state index in [-0.39, 0.29) is 0 Å². The molecule has 1 heterocycles. The number of nitrogens with zero attached hydrogens (tertiary/aromatic N) is 1. The number of piperazine rings is 1. The number of hydrogen-bond acceptors (Lipinski definition) is 3. The van der Waals surface area contributed by atoms with Gasteiger partial charge >= 0.3 is 0 Å². The van der Waals surface area contributed by atoms with E-state index in [0.29, 0.717) is 0 Å². The van der Waals surface area contributed by atoms with Gasteiger partial charge in [0.1, 0.15) is 0 Å². The van der Waals surface area contributed by atoms with Crippen molar-refractivity contribution in [2.75, 3.05) is 31.1 Å². The van der Waals surface area contributed by atoms with Crippen LogP contribution in [0.1, 0.15) is 11.1 Å². The third-order valence-electron chi connectivity index (χ3n) is 4.28. The highest BCUT2D eigenvalue weighted by atomic mass is 32.2. The molecular weight excluding hydrogens is 292 g/mol. The first kappa shape index (κ1) is 15.3. The average Bonchev–Trinajstić information content (AvgIpc) is 2.57. The van der Waals surface area contributed by atoms with Crippen molar-refractivity contribution in [3.05, 3.63) is 53.6 Å². The first-order chi connectivity index (χ1) is 10.7. The van der Waals surface area contributed by atoms with Gasteiger partial charge in [-0.15, -0.1) is 0 Å². The molecule has 3 nitrogen and oxygen atoms in total. The van der Waals surface area contributed by atoms with E-state index in [9.17, 15) is 4.21 Å². The molecule has 0 radical (unpaired) electrons. The van der Waals surface area contributed by atoms with Crippen LogP contribution in [0.2, 0.25) is 0 Å². The predicted molar refractivity (Wildman–Crippen MR) is 92.1 cm³/mol. The average molecular weight is 314 g/mol. The Balaban J connectivity index is 2.01. The van der Waals surface area contributed by atoms with Gasteiger partial charge in [0.05, 0.1) is 21.4 Å². The lowest BCUT2D eigenvalue weighted by molar-refractivity contribution is 0.586. The first-order valence-electron chi connectivity index (χ1n) is 7.71. The van der Waals surface area contributed by atoms with Crippen molar-refractivity contribution in [1.82, 2.24) is 5.32 Å². The van der Waals surface area contributed by atoms with E-state index >= 15 is 0 Å². The van der Waals surface area contributed by atoms with Crippen LogP contribution in [0.25, 0.3) is 0 Å². The second-order valence-corrected chi connectivity index (χ2v) is 7.09. The van der Waals surface area contributed by atoms with Gasteiger partial charge in [0, 0.05) is 31.1 Å². The summed E-state index contributed by atoms with van der Waals surface area (Å²) in [4.78, 5) is 4.16. The Labute approximate surface area is 134 Å². The summed E-state index contributed by atoms with van der Waals surface area (Å²) in [6, 6.07) is 14.1. The van der Waals surface area contributed by atoms with Gasteiger partial charge in [0.15, 0.2) is 0 Å². The number of nitrogens with one attached hydrogen (secondary N) is 1. The van der Waals surface area contributed by atoms with Crippen molar-refractivity contribution in [3.63, 3.8) is 0 Å². The molecule has 0 bridgehead atoms. The van der Waals surface area contributed by atoms with Gasteiger partial charge in [-0.3, -0.25) is 0 Å². The molecular formula is C18H22N2OS. The van der Waals surface area contributed by atoms with Crippen molar-refractivity contribution >= 4 is 16.5 Å². The Morgan fingerprint density at radius 3 is 2.41 bits per heavy atom. The SMILES string of the molecule is Cc1cccc(S(=O)c2ccccc2N2CCNCC2)c1C. The normalized spacial score (nSPS) is 16.5. The minimum Gasteiger partial charge on any atom is -0.368 e. The zero-order chi connectivity index (χ0) is 15.5. The molecule has 3 rings (SSSR count). The molecule has 0 spiro atoms. The number of aryl methyl sites for hydroxylation is 1. The Kier molecular flexibility index (Phi) is 4.60. The highest BCUT2D eigenvalue weighted by Gasteiger charge is 2.19. The molecule has 1 saturated heterocycles. The standard InChI is InChI=1S/C18H22N2OS/c1-14-6-5-9-17(15(14)2)22(21)18-8-4-3-7-16(18)20-12-10-19-11-13-20/h3-9,19H,10-13H2,1-2H3. The fourth-order valence-corrected chi connectivity index (χ4v) is 4.29. The predicted octanol–water partition coefficient (Wildman–Crippen LogP) is 2.88. The summed E-state index contributed by atoms with van der Waals surface area (Å²) in [7, 11) is -1.14. The smallest absolute Gasteiger partial charge is 0.0873 e. The zero-order valence-corrected chi connectivity index (χ0v) is 14.0. The second kappa shape index (κ2) is 6.63. The summed E-state index contributed by atoms with van der Waals surface area (Å²) in [5.74, 6) is 0. The third kappa shape index (κ3) is 2.94. The monoisotopic (exact) mass is 314 g/mol. The van der Waals surface area contributed by atoms with Crippen molar-refractivity contribution in [1.29, 1.82) is 0 Å². The van der Waals surface area contributed by atoms with Crippen molar-refractivity contribution in [2.45, 2.75) is 23.6 Å². The molecule has 116 valence electrons. The highest BCUT2D eigenvalue weighted by Crippen LogP contribution is 2.29. The summed E-state index contributed by atoms with van der Waals surface area (Å²) < 4.78 is 13.2. The van der Waals surface area contributed by atoms with Crippen LogP contribution in [0, 0.1) is 13.8 Å². The van der Waals surface area contributed by atoms with Gasteiger partial charge in [-0.05, 0) is 43.2 Å². The Morgan fingerprint density at radius 2 is 1.64 bits per heavy atom. The maximum Gasteiger partial charge on any atom is 0.0873 e. The summed E-state index contributed by atoms with van der Waals surface area (Å²) in [6.07, 6.45) is 0. The number of para-hydroxylation sites is 1. The van der Waals surface area contributed by atoms with E-state index in [0.717, 1.165) is 47.2 Å². The van der Waals surface area contributed by atoms with E-state index < -0.39 is 10.8 Å². The van der Waals surface area contributed by atoms with Gasteiger partial charge in [0.2, 0.25) is 0 Å². The van der Waals surface area contributed by atoms with Crippen LogP contribution in [-0.4, -0.2) is 30.4 Å². The highest BCUT2D eigenvalue weighted by molar-refractivity contribution is 7.85. The molecule has 1 aliphatic rings. The molecule has 22 heavy (non-hydrogen) atoms. The topological polar surface area (TPSA) is 32.3 Å². The largest absolute Gasteiger partial charge is 0.368 e. The molecule has 1 fully saturated rings. The minimum atomic E-state index is -1.14. The van der Waals surface area contributed by atoms with Gasteiger partial charge in [0.25, 0.3) is 0 Å². The molecule has 2 aromatic rings. The van der Waals surface area contributed by atoms with E-state index in [1.165, 1.54) is 5.56 Å². The number of rotatable bonds is 3. The number of hydrogen-bond donors (Lipinski definition) is 1. The summed E-state index contributed by atoms with van der Waals surface area (Å²) in [6.45, 7) is 7.99. The fraction of sp³-hybridized carbons (Fsp3) is 0.333. The van der Waals surface area contributed by atoms with E-state index in [2.05, 4.69) is 36.2 Å². The molecule has 1 atom stereocenters. The molecule has 1 aliphatic heterocycles. The molecule has 0 aliphatic carbocycles. The Bertz CT molecular complexity index is 693. The quantitative estimate of drug-likeness (QED) is 0.945. The Hall–Kier alpha value is -1.65. The minimum absolute atomic E-state index is 0.915. The van der Waals surface area contributed by atoms with E-state index in [4.69, 9.17) is 0 Å². The summed E-state index contributed by atoms with van der Waals surface area (Å²) >= 11 is 0. The Morgan fingerprint density at radius 1 is 0.955 bits per heavy atom. The van der Waals surface area contributed by atoms with Crippen molar-refractivity contribution in [2.24, 2.45) is 0 Å². The van der Waals surface area contributed by atoms with Gasteiger partial charge in [-0.2, -0.15) is 0 Å². The van der Waals surface area contributed by atoms with Gasteiger partial charge < -0.3 is 10.2 Å². The maximum absolute atomic E-state index is 13.2. The van der Waals surface area contributed by atoms with Crippen LogP contribution in [-0.2, 0) is 10.8 Å². The molecule has 0 aromatic heterocycles. The molecule has 2 aromatic carbocycles. The van der Waals surface area contributed by atoms with Crippen molar-refractivity contribution in [3.8, 4) is 0 Å². The molecule has 0 saturated carbocycles. The van der Waals surface area contributed by atoms with E-state index in [1.54, 1.807) is 0 Å². The summed E-state index contributed by atoms with van der Waals surface area (Å²) in [5.41, 5.74) is 3.41. The van der Waals surface area contributed by atoms with Crippen LogP contribution in [0.15, 0.2) is 52.3 Å². The lowest BCUT2D eigenvalue weighted by Crippen LogP contribution is -2.43.